The Balaban J connectivity index is 2.21. The largest absolute Gasteiger partial charge is 0.369 e. The monoisotopic (exact) mass is 265 g/mol. The van der Waals surface area contributed by atoms with Crippen molar-refractivity contribution in [1.29, 1.82) is 0 Å². The lowest BCUT2D eigenvalue weighted by atomic mass is 10.0. The van der Waals surface area contributed by atoms with E-state index in [4.69, 9.17) is 4.74 Å². The van der Waals surface area contributed by atoms with E-state index in [1.54, 1.807) is 17.9 Å². The molecule has 1 aliphatic rings. The molecule has 1 atom stereocenters. The Morgan fingerprint density at radius 3 is 2.74 bits per heavy atom. The summed E-state index contributed by atoms with van der Waals surface area (Å²) in [6, 6.07) is 4.49. The van der Waals surface area contributed by atoms with Gasteiger partial charge in [0.05, 0.1) is 11.7 Å². The third kappa shape index (κ3) is 3.13. The Hall–Kier alpha value is -1.42. The Morgan fingerprint density at radius 1 is 1.47 bits per heavy atom. The number of nitrogens with zero attached hydrogens (tertiary/aromatic N) is 1. The molecule has 104 valence electrons. The number of halogens is 1. The van der Waals surface area contributed by atoms with Gasteiger partial charge in [-0.25, -0.2) is 4.39 Å². The fourth-order valence-corrected chi connectivity index (χ4v) is 2.57. The molecule has 1 amide bonds. The molecular weight excluding hydrogens is 245 g/mol. The molecule has 1 aromatic rings. The highest BCUT2D eigenvalue weighted by Gasteiger charge is 2.34. The molecule has 1 aromatic carbocycles. The van der Waals surface area contributed by atoms with E-state index in [-0.39, 0.29) is 23.4 Å². The molecule has 1 saturated heterocycles. The summed E-state index contributed by atoms with van der Waals surface area (Å²) in [5.74, 6) is -0.349. The van der Waals surface area contributed by atoms with E-state index in [1.807, 2.05) is 20.8 Å². The first kappa shape index (κ1) is 14.0. The van der Waals surface area contributed by atoms with Crippen molar-refractivity contribution in [2.45, 2.75) is 39.4 Å². The second-order valence-electron chi connectivity index (χ2n) is 5.84. The molecule has 0 saturated carbocycles. The predicted molar refractivity (Wildman–Crippen MR) is 71.7 cm³/mol. The summed E-state index contributed by atoms with van der Waals surface area (Å²) in [4.78, 5) is 14.2. The van der Waals surface area contributed by atoms with E-state index in [9.17, 15) is 9.18 Å². The number of carbonyl (C=O) groups excluding carboxylic acids is 1. The van der Waals surface area contributed by atoms with E-state index in [0.29, 0.717) is 24.2 Å². The van der Waals surface area contributed by atoms with Crippen molar-refractivity contribution in [3.63, 3.8) is 0 Å². The Kier molecular flexibility index (Phi) is 3.63. The van der Waals surface area contributed by atoms with Gasteiger partial charge in [0, 0.05) is 18.7 Å². The molecule has 3 nitrogen and oxygen atoms in total. The summed E-state index contributed by atoms with van der Waals surface area (Å²) in [5, 5.41) is 0. The van der Waals surface area contributed by atoms with Crippen LogP contribution < -0.4 is 0 Å². The number of morpholine rings is 1. The predicted octanol–water partition coefficient (Wildman–Crippen LogP) is 2.77. The van der Waals surface area contributed by atoms with Crippen LogP contribution in [0.1, 0.15) is 36.7 Å². The average molecular weight is 265 g/mol. The topological polar surface area (TPSA) is 29.5 Å². The molecule has 1 heterocycles. The second kappa shape index (κ2) is 4.93. The van der Waals surface area contributed by atoms with Crippen LogP contribution in [-0.2, 0) is 4.74 Å². The van der Waals surface area contributed by atoms with Crippen molar-refractivity contribution in [2.24, 2.45) is 0 Å². The number of amides is 1. The molecule has 0 aromatic heterocycles. The van der Waals surface area contributed by atoms with Crippen molar-refractivity contribution >= 4 is 5.91 Å². The Morgan fingerprint density at radius 2 is 2.16 bits per heavy atom. The van der Waals surface area contributed by atoms with Crippen LogP contribution in [0.2, 0.25) is 0 Å². The Bertz CT molecular complexity index is 499. The van der Waals surface area contributed by atoms with Gasteiger partial charge in [0.2, 0.25) is 0 Å². The van der Waals surface area contributed by atoms with Crippen molar-refractivity contribution in [2.75, 3.05) is 13.1 Å². The number of rotatable bonds is 1. The quantitative estimate of drug-likeness (QED) is 0.781. The highest BCUT2D eigenvalue weighted by atomic mass is 19.1. The maximum absolute atomic E-state index is 13.2. The van der Waals surface area contributed by atoms with Crippen molar-refractivity contribution in [3.05, 3.63) is 35.1 Å². The fraction of sp³-hybridized carbons (Fsp3) is 0.533. The van der Waals surface area contributed by atoms with E-state index in [2.05, 4.69) is 0 Å². The van der Waals surface area contributed by atoms with Crippen molar-refractivity contribution < 1.29 is 13.9 Å². The molecule has 1 aliphatic heterocycles. The lowest BCUT2D eigenvalue weighted by Gasteiger charge is -2.41. The molecule has 0 aliphatic carbocycles. The second-order valence-corrected chi connectivity index (χ2v) is 5.84. The molecule has 1 unspecified atom stereocenters. The number of hydrogen-bond acceptors (Lipinski definition) is 2. The zero-order chi connectivity index (χ0) is 14.2. The summed E-state index contributed by atoms with van der Waals surface area (Å²) in [6.07, 6.45) is 0.00856. The minimum absolute atomic E-state index is 0.00856. The fourth-order valence-electron chi connectivity index (χ4n) is 2.57. The van der Waals surface area contributed by atoms with Crippen LogP contribution in [0.5, 0.6) is 0 Å². The zero-order valence-corrected chi connectivity index (χ0v) is 11.9. The first-order chi connectivity index (χ1) is 8.78. The van der Waals surface area contributed by atoms with Gasteiger partial charge in [-0.3, -0.25) is 4.79 Å². The summed E-state index contributed by atoms with van der Waals surface area (Å²) >= 11 is 0. The highest BCUT2D eigenvalue weighted by molar-refractivity contribution is 5.94. The van der Waals surface area contributed by atoms with E-state index in [1.165, 1.54) is 12.1 Å². The smallest absolute Gasteiger partial charge is 0.254 e. The van der Waals surface area contributed by atoms with Crippen LogP contribution in [-0.4, -0.2) is 35.6 Å². The van der Waals surface area contributed by atoms with Crippen LogP contribution >= 0.6 is 0 Å². The van der Waals surface area contributed by atoms with Gasteiger partial charge in [-0.1, -0.05) is 0 Å². The number of ether oxygens (including phenoxy) is 1. The molecule has 2 rings (SSSR count). The third-order valence-electron chi connectivity index (χ3n) is 3.26. The van der Waals surface area contributed by atoms with Crippen LogP contribution in [0.4, 0.5) is 4.39 Å². The van der Waals surface area contributed by atoms with Gasteiger partial charge in [-0.2, -0.15) is 0 Å². The minimum Gasteiger partial charge on any atom is -0.369 e. The van der Waals surface area contributed by atoms with Gasteiger partial charge in [-0.05, 0) is 51.5 Å². The zero-order valence-electron chi connectivity index (χ0n) is 11.9. The molecular formula is C15H20FNO2. The molecule has 0 N–H and O–H groups in total. The first-order valence-corrected chi connectivity index (χ1v) is 6.52. The number of benzene rings is 1. The van der Waals surface area contributed by atoms with Gasteiger partial charge in [0.1, 0.15) is 5.82 Å². The lowest BCUT2D eigenvalue weighted by molar-refractivity contribution is -0.118. The van der Waals surface area contributed by atoms with Gasteiger partial charge >= 0.3 is 0 Å². The van der Waals surface area contributed by atoms with Crippen LogP contribution in [0.25, 0.3) is 0 Å². The van der Waals surface area contributed by atoms with Gasteiger partial charge in [0.15, 0.2) is 0 Å². The Labute approximate surface area is 113 Å². The van der Waals surface area contributed by atoms with Crippen LogP contribution in [0.15, 0.2) is 18.2 Å². The van der Waals surface area contributed by atoms with Crippen LogP contribution in [0, 0.1) is 12.7 Å². The lowest BCUT2D eigenvalue weighted by Crippen LogP contribution is -2.53. The molecule has 1 fully saturated rings. The van der Waals surface area contributed by atoms with E-state index in [0.717, 1.165) is 0 Å². The normalized spacial score (nSPS) is 22.4. The summed E-state index contributed by atoms with van der Waals surface area (Å²) < 4.78 is 19.0. The SMILES string of the molecule is Cc1cc(C(=O)N2CC(C)OC(C)(C)C2)ccc1F. The molecule has 19 heavy (non-hydrogen) atoms. The number of carbonyl (C=O) groups is 1. The maximum atomic E-state index is 13.2. The van der Waals surface area contributed by atoms with Gasteiger partial charge in [-0.15, -0.1) is 0 Å². The highest BCUT2D eigenvalue weighted by Crippen LogP contribution is 2.22. The summed E-state index contributed by atoms with van der Waals surface area (Å²) in [6.45, 7) is 8.68. The number of hydrogen-bond donors (Lipinski definition) is 0. The average Bonchev–Trinajstić information content (AvgIpc) is 2.29. The molecule has 4 heteroatoms. The van der Waals surface area contributed by atoms with Gasteiger partial charge < -0.3 is 9.64 Å². The van der Waals surface area contributed by atoms with Gasteiger partial charge in [0.25, 0.3) is 5.91 Å². The standard InChI is InChI=1S/C15H20FNO2/c1-10-7-12(5-6-13(10)16)14(18)17-8-11(2)19-15(3,4)9-17/h5-7,11H,8-9H2,1-4H3. The number of aryl methyl sites for hydroxylation is 1. The summed E-state index contributed by atoms with van der Waals surface area (Å²) in [7, 11) is 0. The maximum Gasteiger partial charge on any atom is 0.254 e. The molecule has 0 bridgehead atoms. The minimum atomic E-state index is -0.345. The first-order valence-electron chi connectivity index (χ1n) is 6.52. The van der Waals surface area contributed by atoms with Crippen LogP contribution in [0.3, 0.4) is 0 Å². The molecule has 0 radical (unpaired) electrons. The third-order valence-corrected chi connectivity index (χ3v) is 3.26. The summed E-state index contributed by atoms with van der Waals surface area (Å²) in [5.41, 5.74) is 0.679. The van der Waals surface area contributed by atoms with E-state index < -0.39 is 0 Å². The molecule has 0 spiro atoms. The van der Waals surface area contributed by atoms with Crippen molar-refractivity contribution in [3.8, 4) is 0 Å². The van der Waals surface area contributed by atoms with Crippen molar-refractivity contribution in [1.82, 2.24) is 4.90 Å². The van der Waals surface area contributed by atoms with E-state index >= 15 is 0 Å².